The van der Waals surface area contributed by atoms with E-state index in [-0.39, 0.29) is 22.7 Å². The van der Waals surface area contributed by atoms with Crippen LogP contribution in [-0.2, 0) is 11.3 Å². The lowest BCUT2D eigenvalue weighted by Crippen LogP contribution is -2.19. The predicted molar refractivity (Wildman–Crippen MR) is 120 cm³/mol. The predicted octanol–water partition coefficient (Wildman–Crippen LogP) is 4.45. The van der Waals surface area contributed by atoms with Crippen LogP contribution in [-0.4, -0.2) is 21.1 Å². The van der Waals surface area contributed by atoms with Crippen LogP contribution in [0.2, 0.25) is 5.02 Å². The molecule has 3 heterocycles. The van der Waals surface area contributed by atoms with E-state index in [0.29, 0.717) is 33.1 Å². The first-order chi connectivity index (χ1) is 15.0. The smallest absolute Gasteiger partial charge is 0.220 e. The average molecular weight is 437 g/mol. The molecule has 4 aromatic rings. The zero-order chi connectivity index (χ0) is 21.5. The summed E-state index contributed by atoms with van der Waals surface area (Å²) in [7, 11) is 0. The number of aromatic nitrogens is 3. The summed E-state index contributed by atoms with van der Waals surface area (Å²) in [5, 5.41) is 5.10. The first-order valence-electron chi connectivity index (χ1n) is 10.3. The van der Waals surface area contributed by atoms with E-state index < -0.39 is 0 Å². The maximum atomic E-state index is 12.9. The first kappa shape index (κ1) is 19.8. The van der Waals surface area contributed by atoms with Crippen LogP contribution < -0.4 is 11.2 Å². The van der Waals surface area contributed by atoms with E-state index >= 15 is 0 Å². The lowest BCUT2D eigenvalue weighted by atomic mass is 9.83. The summed E-state index contributed by atoms with van der Waals surface area (Å²) in [5.41, 5.74) is 8.27. The monoisotopic (exact) mass is 436 g/mol. The highest BCUT2D eigenvalue weighted by molar-refractivity contribution is 6.35. The number of hydrogen-bond donors (Lipinski definition) is 1. The third kappa shape index (κ3) is 3.59. The molecule has 1 saturated carbocycles. The Balaban J connectivity index is 1.48. The van der Waals surface area contributed by atoms with Crippen molar-refractivity contribution in [2.75, 3.05) is 5.73 Å². The van der Waals surface area contributed by atoms with Gasteiger partial charge in [0, 0.05) is 29.8 Å². The number of fused-ring (bicyclic) bond motifs is 2. The molecule has 0 radical (unpaired) electrons. The molecule has 8 heteroatoms. The van der Waals surface area contributed by atoms with E-state index in [2.05, 4.69) is 10.1 Å². The van der Waals surface area contributed by atoms with E-state index in [4.69, 9.17) is 21.8 Å². The van der Waals surface area contributed by atoms with Gasteiger partial charge in [-0.3, -0.25) is 9.48 Å². The number of nitrogens with two attached hydrogens (primary N) is 1. The van der Waals surface area contributed by atoms with Crippen molar-refractivity contribution in [3.63, 3.8) is 0 Å². The van der Waals surface area contributed by atoms with Crippen LogP contribution in [0.3, 0.4) is 0 Å². The van der Waals surface area contributed by atoms with Crippen molar-refractivity contribution in [2.24, 2.45) is 11.8 Å². The topological polar surface area (TPSA) is 104 Å². The molecule has 2 N–H and O–H groups in total. The third-order valence-electron chi connectivity index (χ3n) is 6.13. The van der Waals surface area contributed by atoms with E-state index in [1.165, 1.54) is 0 Å². The quantitative estimate of drug-likeness (QED) is 0.374. The fraction of sp³-hybridized carbons (Fsp3) is 0.304. The standard InChI is InChI=1S/C23H21ClN4O3/c24-17-2-1-3-18-20(17)22(30)21-19(31-18)8-16(23(25)27-21)15-9-26-28(11-15)10-13-4-6-14(12-29)7-5-13/h1-3,8-9,11-14H,4-7,10H2,(H2,25,27). The van der Waals surface area contributed by atoms with Crippen molar-refractivity contribution in [1.82, 2.24) is 14.8 Å². The highest BCUT2D eigenvalue weighted by Crippen LogP contribution is 2.32. The molecule has 1 fully saturated rings. The van der Waals surface area contributed by atoms with Crippen LogP contribution in [0.25, 0.3) is 33.2 Å². The van der Waals surface area contributed by atoms with Gasteiger partial charge in [0.1, 0.15) is 17.7 Å². The average Bonchev–Trinajstić information content (AvgIpc) is 3.23. The summed E-state index contributed by atoms with van der Waals surface area (Å²) < 4.78 is 7.82. The number of nitrogens with zero attached hydrogens (tertiary/aromatic N) is 3. The van der Waals surface area contributed by atoms with Gasteiger partial charge < -0.3 is 14.9 Å². The molecule has 158 valence electrons. The lowest BCUT2D eigenvalue weighted by Gasteiger charge is -2.25. The van der Waals surface area contributed by atoms with Gasteiger partial charge in [0.25, 0.3) is 0 Å². The molecule has 1 aliphatic rings. The van der Waals surface area contributed by atoms with E-state index in [1.54, 1.807) is 30.5 Å². The Hall–Kier alpha value is -3.19. The minimum absolute atomic E-state index is 0.154. The Bertz CT molecular complexity index is 1350. The van der Waals surface area contributed by atoms with Gasteiger partial charge in [-0.2, -0.15) is 5.10 Å². The van der Waals surface area contributed by atoms with Gasteiger partial charge in [-0.05, 0) is 49.8 Å². The molecule has 0 spiro atoms. The van der Waals surface area contributed by atoms with Crippen molar-refractivity contribution in [1.29, 1.82) is 0 Å². The van der Waals surface area contributed by atoms with Crippen LogP contribution in [0, 0.1) is 11.8 Å². The summed E-state index contributed by atoms with van der Waals surface area (Å²) in [5.74, 6) is 0.941. The van der Waals surface area contributed by atoms with E-state index in [9.17, 15) is 9.59 Å². The van der Waals surface area contributed by atoms with E-state index in [0.717, 1.165) is 44.1 Å². The third-order valence-corrected chi connectivity index (χ3v) is 6.44. The van der Waals surface area contributed by atoms with Crippen molar-refractivity contribution in [3.05, 3.63) is 51.9 Å². The Kier molecular flexibility index (Phi) is 4.98. The number of rotatable bonds is 4. The Morgan fingerprint density at radius 3 is 2.81 bits per heavy atom. The normalized spacial score (nSPS) is 19.1. The zero-order valence-electron chi connectivity index (χ0n) is 16.8. The molecular formula is C23H21ClN4O3. The molecule has 1 aliphatic carbocycles. The fourth-order valence-electron chi connectivity index (χ4n) is 4.40. The Morgan fingerprint density at radius 1 is 1.23 bits per heavy atom. The number of anilines is 1. The van der Waals surface area contributed by atoms with Gasteiger partial charge in [-0.15, -0.1) is 0 Å². The summed E-state index contributed by atoms with van der Waals surface area (Å²) in [6.45, 7) is 0.796. The zero-order valence-corrected chi connectivity index (χ0v) is 17.5. The number of halogens is 1. The second-order valence-electron chi connectivity index (χ2n) is 8.18. The van der Waals surface area contributed by atoms with Gasteiger partial charge in [-0.1, -0.05) is 17.7 Å². The first-order valence-corrected chi connectivity index (χ1v) is 10.7. The molecule has 0 amide bonds. The molecule has 1 aromatic carbocycles. The molecule has 3 aromatic heterocycles. The fourth-order valence-corrected chi connectivity index (χ4v) is 4.65. The highest BCUT2D eigenvalue weighted by Gasteiger charge is 2.22. The molecule has 7 nitrogen and oxygen atoms in total. The number of benzene rings is 1. The SMILES string of the molecule is Nc1nc2c(=O)c3c(Cl)cccc3oc2cc1-c1cnn(CC2CCC(C=O)CC2)c1. The van der Waals surface area contributed by atoms with Gasteiger partial charge in [-0.25, -0.2) is 4.98 Å². The van der Waals surface area contributed by atoms with Crippen molar-refractivity contribution in [2.45, 2.75) is 32.2 Å². The molecule has 0 aliphatic heterocycles. The van der Waals surface area contributed by atoms with Crippen molar-refractivity contribution < 1.29 is 9.21 Å². The van der Waals surface area contributed by atoms with Crippen LogP contribution in [0.5, 0.6) is 0 Å². The molecule has 0 unspecified atom stereocenters. The minimum atomic E-state index is -0.304. The van der Waals surface area contributed by atoms with Crippen molar-refractivity contribution in [3.8, 4) is 11.1 Å². The molecule has 0 bridgehead atoms. The second-order valence-corrected chi connectivity index (χ2v) is 8.59. The molecular weight excluding hydrogens is 416 g/mol. The molecule has 31 heavy (non-hydrogen) atoms. The number of carbonyl (C=O) groups is 1. The number of carbonyl (C=O) groups excluding carboxylic acids is 1. The highest BCUT2D eigenvalue weighted by atomic mass is 35.5. The van der Waals surface area contributed by atoms with Crippen LogP contribution in [0.1, 0.15) is 25.7 Å². The van der Waals surface area contributed by atoms with Crippen LogP contribution in [0.4, 0.5) is 5.82 Å². The summed E-state index contributed by atoms with van der Waals surface area (Å²) >= 11 is 6.18. The number of aldehydes is 1. The van der Waals surface area contributed by atoms with Gasteiger partial charge in [0.2, 0.25) is 5.43 Å². The van der Waals surface area contributed by atoms with Crippen LogP contribution >= 0.6 is 11.6 Å². The van der Waals surface area contributed by atoms with Crippen LogP contribution in [0.15, 0.2) is 45.9 Å². The molecule has 5 rings (SSSR count). The summed E-state index contributed by atoms with van der Waals surface area (Å²) in [4.78, 5) is 28.2. The summed E-state index contributed by atoms with van der Waals surface area (Å²) in [6, 6.07) is 6.81. The lowest BCUT2D eigenvalue weighted by molar-refractivity contribution is -0.112. The molecule has 0 saturated heterocycles. The van der Waals surface area contributed by atoms with Crippen molar-refractivity contribution >= 4 is 45.8 Å². The second kappa shape index (κ2) is 7.81. The van der Waals surface area contributed by atoms with Gasteiger partial charge in [0.05, 0.1) is 16.6 Å². The van der Waals surface area contributed by atoms with E-state index in [1.807, 2.05) is 10.9 Å². The Morgan fingerprint density at radius 2 is 2.03 bits per heavy atom. The van der Waals surface area contributed by atoms with Gasteiger partial charge >= 0.3 is 0 Å². The summed E-state index contributed by atoms with van der Waals surface area (Å²) in [6.07, 6.45) is 8.69. The number of hydrogen-bond acceptors (Lipinski definition) is 6. The largest absolute Gasteiger partial charge is 0.454 e. The maximum Gasteiger partial charge on any atom is 0.220 e. The number of nitrogen functional groups attached to an aromatic ring is 1. The molecule has 0 atom stereocenters. The number of pyridine rings is 1. The maximum absolute atomic E-state index is 12.9. The Labute approximate surface area is 182 Å². The minimum Gasteiger partial charge on any atom is -0.454 e. The van der Waals surface area contributed by atoms with Gasteiger partial charge in [0.15, 0.2) is 11.1 Å².